The van der Waals surface area contributed by atoms with E-state index in [0.29, 0.717) is 5.56 Å². The van der Waals surface area contributed by atoms with Crippen LogP contribution in [0.4, 0.5) is 0 Å². The standard InChI is InChI=1S/C8H5BrN2O/c9-6-3-10-7-1-5(4-12)2-11-8(6)7/h1-4,10H. The number of carbonyl (C=O) groups excluding carboxylic acids is 1. The Hall–Kier alpha value is -1.16. The fourth-order valence-corrected chi connectivity index (χ4v) is 1.49. The largest absolute Gasteiger partial charge is 0.359 e. The van der Waals surface area contributed by atoms with Gasteiger partial charge in [-0.3, -0.25) is 9.78 Å². The summed E-state index contributed by atoms with van der Waals surface area (Å²) in [5, 5.41) is 0. The number of rotatable bonds is 1. The van der Waals surface area contributed by atoms with Gasteiger partial charge < -0.3 is 4.98 Å². The number of carbonyl (C=O) groups is 1. The summed E-state index contributed by atoms with van der Waals surface area (Å²) < 4.78 is 0.912. The molecular formula is C8H5BrN2O. The van der Waals surface area contributed by atoms with Crippen LogP contribution in [0.25, 0.3) is 11.0 Å². The summed E-state index contributed by atoms with van der Waals surface area (Å²) >= 11 is 3.33. The Morgan fingerprint density at radius 1 is 1.58 bits per heavy atom. The number of aromatic amines is 1. The summed E-state index contributed by atoms with van der Waals surface area (Å²) in [7, 11) is 0. The number of fused-ring (bicyclic) bond motifs is 1. The first-order valence-electron chi connectivity index (χ1n) is 3.39. The number of aromatic nitrogens is 2. The van der Waals surface area contributed by atoms with E-state index in [-0.39, 0.29) is 0 Å². The Bertz CT molecular complexity index is 436. The van der Waals surface area contributed by atoms with Crippen molar-refractivity contribution in [2.75, 3.05) is 0 Å². The highest BCUT2D eigenvalue weighted by Crippen LogP contribution is 2.20. The van der Waals surface area contributed by atoms with Gasteiger partial charge in [0.15, 0.2) is 6.29 Å². The number of H-pyrrole nitrogens is 1. The summed E-state index contributed by atoms with van der Waals surface area (Å²) in [6, 6.07) is 1.76. The zero-order valence-electron chi connectivity index (χ0n) is 6.04. The van der Waals surface area contributed by atoms with Crippen molar-refractivity contribution in [3.63, 3.8) is 0 Å². The third kappa shape index (κ3) is 1.04. The topological polar surface area (TPSA) is 45.8 Å². The molecule has 0 radical (unpaired) electrons. The Morgan fingerprint density at radius 3 is 3.17 bits per heavy atom. The number of nitrogens with zero attached hydrogens (tertiary/aromatic N) is 1. The second kappa shape index (κ2) is 2.71. The highest BCUT2D eigenvalue weighted by molar-refractivity contribution is 9.10. The van der Waals surface area contributed by atoms with E-state index < -0.39 is 0 Å². The molecule has 0 saturated heterocycles. The van der Waals surface area contributed by atoms with Crippen LogP contribution in [0.1, 0.15) is 10.4 Å². The lowest BCUT2D eigenvalue weighted by molar-refractivity contribution is 0.112. The minimum absolute atomic E-state index is 0.580. The summed E-state index contributed by atoms with van der Waals surface area (Å²) in [6.45, 7) is 0. The maximum absolute atomic E-state index is 10.4. The van der Waals surface area contributed by atoms with Crippen LogP contribution in [-0.2, 0) is 0 Å². The van der Waals surface area contributed by atoms with Crippen LogP contribution < -0.4 is 0 Å². The molecule has 0 aliphatic rings. The van der Waals surface area contributed by atoms with Crippen LogP contribution in [0.2, 0.25) is 0 Å². The predicted octanol–water partition coefficient (Wildman–Crippen LogP) is 2.14. The molecule has 2 aromatic rings. The lowest BCUT2D eigenvalue weighted by Crippen LogP contribution is -1.82. The molecule has 0 aromatic carbocycles. The van der Waals surface area contributed by atoms with Crippen molar-refractivity contribution in [1.29, 1.82) is 0 Å². The normalized spacial score (nSPS) is 10.4. The highest BCUT2D eigenvalue weighted by Gasteiger charge is 2.01. The van der Waals surface area contributed by atoms with E-state index in [1.165, 1.54) is 0 Å². The molecule has 60 valence electrons. The van der Waals surface area contributed by atoms with Gasteiger partial charge in [0.2, 0.25) is 0 Å². The molecule has 0 bridgehead atoms. The minimum atomic E-state index is 0.580. The Balaban J connectivity index is 2.77. The first kappa shape index (κ1) is 7.49. The highest BCUT2D eigenvalue weighted by atomic mass is 79.9. The second-order valence-corrected chi connectivity index (χ2v) is 3.27. The zero-order valence-corrected chi connectivity index (χ0v) is 7.63. The fourth-order valence-electron chi connectivity index (χ4n) is 1.06. The molecule has 0 atom stereocenters. The average molecular weight is 225 g/mol. The van der Waals surface area contributed by atoms with Crippen LogP contribution in [-0.4, -0.2) is 16.3 Å². The second-order valence-electron chi connectivity index (χ2n) is 2.42. The van der Waals surface area contributed by atoms with Crippen molar-refractivity contribution >= 4 is 33.2 Å². The maximum atomic E-state index is 10.4. The Labute approximate surface area is 76.9 Å². The van der Waals surface area contributed by atoms with Crippen molar-refractivity contribution in [3.05, 3.63) is 28.5 Å². The van der Waals surface area contributed by atoms with Crippen molar-refractivity contribution in [2.45, 2.75) is 0 Å². The molecule has 2 aromatic heterocycles. The molecule has 0 amide bonds. The number of pyridine rings is 1. The van der Waals surface area contributed by atoms with Crippen LogP contribution in [0.5, 0.6) is 0 Å². The molecule has 3 nitrogen and oxygen atoms in total. The number of aldehydes is 1. The summed E-state index contributed by atoms with van der Waals surface area (Å²) in [4.78, 5) is 17.5. The molecule has 2 heterocycles. The maximum Gasteiger partial charge on any atom is 0.151 e. The number of hydrogen-bond donors (Lipinski definition) is 1. The van der Waals surface area contributed by atoms with E-state index in [2.05, 4.69) is 25.9 Å². The van der Waals surface area contributed by atoms with Gasteiger partial charge >= 0.3 is 0 Å². The van der Waals surface area contributed by atoms with E-state index >= 15 is 0 Å². The third-order valence-corrected chi connectivity index (χ3v) is 2.23. The van der Waals surface area contributed by atoms with Crippen molar-refractivity contribution < 1.29 is 4.79 Å². The van der Waals surface area contributed by atoms with Gasteiger partial charge in [-0.1, -0.05) is 0 Å². The molecular weight excluding hydrogens is 220 g/mol. The molecule has 12 heavy (non-hydrogen) atoms. The van der Waals surface area contributed by atoms with E-state index in [1.54, 1.807) is 18.5 Å². The first-order valence-corrected chi connectivity index (χ1v) is 4.18. The molecule has 0 saturated carbocycles. The lowest BCUT2D eigenvalue weighted by Gasteiger charge is -1.90. The van der Waals surface area contributed by atoms with Gasteiger partial charge in [-0.05, 0) is 22.0 Å². The van der Waals surface area contributed by atoms with Gasteiger partial charge in [0.1, 0.15) is 5.52 Å². The van der Waals surface area contributed by atoms with Crippen LogP contribution >= 0.6 is 15.9 Å². The average Bonchev–Trinajstić information content (AvgIpc) is 2.47. The quantitative estimate of drug-likeness (QED) is 0.755. The van der Waals surface area contributed by atoms with Crippen LogP contribution in [0, 0.1) is 0 Å². The number of hydrogen-bond acceptors (Lipinski definition) is 2. The van der Waals surface area contributed by atoms with Gasteiger partial charge in [-0.2, -0.15) is 0 Å². The van der Waals surface area contributed by atoms with Crippen molar-refractivity contribution in [2.24, 2.45) is 0 Å². The minimum Gasteiger partial charge on any atom is -0.359 e. The van der Waals surface area contributed by atoms with Crippen molar-refractivity contribution in [1.82, 2.24) is 9.97 Å². The molecule has 1 N–H and O–H groups in total. The van der Waals surface area contributed by atoms with Crippen molar-refractivity contribution in [3.8, 4) is 0 Å². The SMILES string of the molecule is O=Cc1cnc2c(Br)c[nH]c2c1. The summed E-state index contributed by atoms with van der Waals surface area (Å²) in [5.41, 5.74) is 2.30. The Morgan fingerprint density at radius 2 is 2.42 bits per heavy atom. The van der Waals surface area contributed by atoms with E-state index in [9.17, 15) is 4.79 Å². The molecule has 0 aliphatic heterocycles. The third-order valence-electron chi connectivity index (χ3n) is 1.63. The summed E-state index contributed by atoms with van der Waals surface area (Å²) in [5.74, 6) is 0. The van der Waals surface area contributed by atoms with Gasteiger partial charge in [-0.25, -0.2) is 0 Å². The predicted molar refractivity (Wildman–Crippen MR) is 49.2 cm³/mol. The number of halogens is 1. The van der Waals surface area contributed by atoms with E-state index in [4.69, 9.17) is 0 Å². The van der Waals surface area contributed by atoms with Gasteiger partial charge in [0.25, 0.3) is 0 Å². The molecule has 0 spiro atoms. The lowest BCUT2D eigenvalue weighted by atomic mass is 10.3. The van der Waals surface area contributed by atoms with Gasteiger partial charge in [-0.15, -0.1) is 0 Å². The summed E-state index contributed by atoms with van der Waals surface area (Å²) in [6.07, 6.45) is 4.13. The van der Waals surface area contributed by atoms with Gasteiger partial charge in [0.05, 0.1) is 9.99 Å². The Kier molecular flexibility index (Phi) is 1.69. The number of nitrogens with one attached hydrogen (secondary N) is 1. The first-order chi connectivity index (χ1) is 5.81. The van der Waals surface area contributed by atoms with E-state index in [0.717, 1.165) is 21.8 Å². The molecule has 0 unspecified atom stereocenters. The van der Waals surface area contributed by atoms with Gasteiger partial charge in [0, 0.05) is 18.0 Å². The molecule has 0 fully saturated rings. The van der Waals surface area contributed by atoms with Crippen LogP contribution in [0.15, 0.2) is 22.9 Å². The monoisotopic (exact) mass is 224 g/mol. The fraction of sp³-hybridized carbons (Fsp3) is 0. The molecule has 0 aliphatic carbocycles. The van der Waals surface area contributed by atoms with Crippen LogP contribution in [0.3, 0.4) is 0 Å². The smallest absolute Gasteiger partial charge is 0.151 e. The molecule has 4 heteroatoms. The zero-order chi connectivity index (χ0) is 8.55. The van der Waals surface area contributed by atoms with E-state index in [1.807, 2.05) is 0 Å². The molecule has 2 rings (SSSR count).